The zero-order chi connectivity index (χ0) is 21.6. The molecule has 0 saturated carbocycles. The Balaban J connectivity index is 2.52. The molecule has 29 heavy (non-hydrogen) atoms. The molecule has 2 N–H and O–H groups in total. The first kappa shape index (κ1) is 22.2. The summed E-state index contributed by atoms with van der Waals surface area (Å²) in [4.78, 5) is 11.1. The van der Waals surface area contributed by atoms with Gasteiger partial charge < -0.3 is 15.2 Å². The molecule has 5 nitrogen and oxygen atoms in total. The third kappa shape index (κ3) is 5.72. The minimum atomic E-state index is -4.62. The van der Waals surface area contributed by atoms with Crippen molar-refractivity contribution in [1.29, 1.82) is 5.26 Å². The number of hydrogen-bond acceptors (Lipinski definition) is 4. The van der Waals surface area contributed by atoms with Crippen molar-refractivity contribution in [3.63, 3.8) is 0 Å². The van der Waals surface area contributed by atoms with E-state index in [9.17, 15) is 18.0 Å². The van der Waals surface area contributed by atoms with Crippen molar-refractivity contribution in [2.45, 2.75) is 38.0 Å². The number of nitrogens with one attached hydrogen (secondary N) is 1. The average Bonchev–Trinajstić information content (AvgIpc) is 2.67. The molecule has 8 heteroatoms. The number of carbonyl (C=O) groups is 1. The summed E-state index contributed by atoms with van der Waals surface area (Å²) < 4.78 is 45.1. The van der Waals surface area contributed by atoms with E-state index in [2.05, 4.69) is 5.32 Å². The van der Waals surface area contributed by atoms with Crippen molar-refractivity contribution in [3.05, 3.63) is 59.2 Å². The summed E-state index contributed by atoms with van der Waals surface area (Å²) in [5, 5.41) is 20.9. The minimum absolute atomic E-state index is 0.113. The average molecular weight is 406 g/mol. The maximum atomic E-state index is 13.5. The molecule has 0 fully saturated rings. The van der Waals surface area contributed by atoms with E-state index in [1.807, 2.05) is 13.0 Å². The van der Waals surface area contributed by atoms with E-state index in [1.54, 1.807) is 24.3 Å². The summed E-state index contributed by atoms with van der Waals surface area (Å²) in [6, 6.07) is 12.6. The second-order valence-corrected chi connectivity index (χ2v) is 6.52. The van der Waals surface area contributed by atoms with Crippen LogP contribution in [0.2, 0.25) is 0 Å². The largest absolute Gasteiger partial charge is 0.481 e. The molecule has 0 saturated heterocycles. The topological polar surface area (TPSA) is 82.3 Å². The third-order valence-electron chi connectivity index (χ3n) is 4.57. The lowest BCUT2D eigenvalue weighted by atomic mass is 9.91. The van der Waals surface area contributed by atoms with E-state index in [0.29, 0.717) is 23.2 Å². The van der Waals surface area contributed by atoms with Crippen LogP contribution in [0.15, 0.2) is 42.5 Å². The zero-order valence-electron chi connectivity index (χ0n) is 16.0. The highest BCUT2D eigenvalue weighted by molar-refractivity contribution is 5.69. The smallest absolute Gasteiger partial charge is 0.418 e. The number of hydrogen-bond donors (Lipinski definition) is 2. The molecule has 0 bridgehead atoms. The van der Waals surface area contributed by atoms with Gasteiger partial charge in [0.05, 0.1) is 18.1 Å². The molecule has 2 rings (SSSR count). The molecule has 0 aliphatic carbocycles. The number of benzene rings is 2. The van der Waals surface area contributed by atoms with Crippen LogP contribution < -0.4 is 5.32 Å². The highest BCUT2D eigenvalue weighted by atomic mass is 19.4. The van der Waals surface area contributed by atoms with E-state index in [0.717, 1.165) is 7.11 Å². The zero-order valence-corrected chi connectivity index (χ0v) is 16.0. The first-order valence-electron chi connectivity index (χ1n) is 8.91. The van der Waals surface area contributed by atoms with Gasteiger partial charge in [0.15, 0.2) is 6.10 Å². The Hall–Kier alpha value is -3.05. The van der Waals surface area contributed by atoms with Crippen molar-refractivity contribution in [2.24, 2.45) is 0 Å². The van der Waals surface area contributed by atoms with Gasteiger partial charge in [-0.15, -0.1) is 0 Å². The molecule has 2 atom stereocenters. The van der Waals surface area contributed by atoms with Crippen LogP contribution in [0.3, 0.4) is 0 Å². The molecular weight excluding hydrogens is 385 g/mol. The van der Waals surface area contributed by atoms with Gasteiger partial charge in [0.25, 0.3) is 0 Å². The van der Waals surface area contributed by atoms with Gasteiger partial charge in [-0.1, -0.05) is 19.1 Å². The fourth-order valence-corrected chi connectivity index (χ4v) is 3.09. The first-order valence-corrected chi connectivity index (χ1v) is 8.91. The summed E-state index contributed by atoms with van der Waals surface area (Å²) in [7, 11) is 0.983. The molecule has 0 aromatic heterocycles. The number of aliphatic carboxylic acids is 1. The Morgan fingerprint density at radius 1 is 1.24 bits per heavy atom. The highest BCUT2D eigenvalue weighted by Crippen LogP contribution is 2.41. The SMILES string of the molecule is CC[C@H](CC(=O)O)c1ccc([C@H](OC)C(F)(F)F)c(Nc2ccc(C#N)cc2)c1. The number of ether oxygens (including phenoxy) is 1. The summed E-state index contributed by atoms with van der Waals surface area (Å²) in [5.41, 5.74) is 1.58. The quantitative estimate of drug-likeness (QED) is 0.603. The lowest BCUT2D eigenvalue weighted by Crippen LogP contribution is -2.23. The Kier molecular flexibility index (Phi) is 7.23. The maximum Gasteiger partial charge on any atom is 0.418 e. The molecule has 0 heterocycles. The molecule has 2 aromatic carbocycles. The van der Waals surface area contributed by atoms with Crippen molar-refractivity contribution in [2.75, 3.05) is 12.4 Å². The second-order valence-electron chi connectivity index (χ2n) is 6.52. The number of carboxylic acid groups (broad SMARTS) is 1. The Morgan fingerprint density at radius 2 is 1.90 bits per heavy atom. The van der Waals surface area contributed by atoms with Crippen LogP contribution in [0.1, 0.15) is 48.5 Å². The van der Waals surface area contributed by atoms with Gasteiger partial charge in [0.1, 0.15) is 0 Å². The number of rotatable bonds is 8. The third-order valence-corrected chi connectivity index (χ3v) is 4.57. The van der Waals surface area contributed by atoms with Gasteiger partial charge in [-0.2, -0.15) is 18.4 Å². The number of halogens is 3. The summed E-state index contributed by atoms with van der Waals surface area (Å²) in [6.07, 6.45) is -6.37. The van der Waals surface area contributed by atoms with Crippen LogP contribution in [-0.2, 0) is 9.53 Å². The van der Waals surface area contributed by atoms with Crippen LogP contribution in [-0.4, -0.2) is 24.4 Å². The normalized spacial score (nSPS) is 13.4. The number of alkyl halides is 3. The van der Waals surface area contributed by atoms with Gasteiger partial charge in [-0.25, -0.2) is 0 Å². The standard InChI is InChI=1S/C21H21F3N2O3/c1-3-14(11-19(27)28)15-6-9-17(20(29-2)21(22,23)24)18(10-15)26-16-7-4-13(12-25)5-8-16/h4-10,14,20,26H,3,11H2,1-2H3,(H,27,28)/t14-,20+/m1/s1. The molecule has 0 spiro atoms. The molecule has 0 amide bonds. The maximum absolute atomic E-state index is 13.5. The molecule has 154 valence electrons. The number of anilines is 2. The Bertz CT molecular complexity index is 890. The van der Waals surface area contributed by atoms with Gasteiger partial charge in [-0.3, -0.25) is 4.79 Å². The van der Waals surface area contributed by atoms with Crippen molar-refractivity contribution >= 4 is 17.3 Å². The van der Waals surface area contributed by atoms with Gasteiger partial charge in [-0.05, 0) is 48.2 Å². The number of carboxylic acids is 1. The second kappa shape index (κ2) is 9.43. The van der Waals surface area contributed by atoms with Crippen molar-refractivity contribution < 1.29 is 27.8 Å². The number of nitrogens with zero attached hydrogens (tertiary/aromatic N) is 1. The number of nitriles is 1. The fourth-order valence-electron chi connectivity index (χ4n) is 3.09. The summed E-state index contributed by atoms with van der Waals surface area (Å²) in [6.45, 7) is 1.82. The predicted octanol–water partition coefficient (Wildman–Crippen LogP) is 5.52. The summed E-state index contributed by atoms with van der Waals surface area (Å²) in [5.74, 6) is -1.32. The highest BCUT2D eigenvalue weighted by Gasteiger charge is 2.42. The van der Waals surface area contributed by atoms with Gasteiger partial charge in [0, 0.05) is 24.0 Å². The fraction of sp³-hybridized carbons (Fsp3) is 0.333. The van der Waals surface area contributed by atoms with Crippen LogP contribution >= 0.6 is 0 Å². The Morgan fingerprint density at radius 3 is 2.38 bits per heavy atom. The van der Waals surface area contributed by atoms with Crippen LogP contribution in [0.4, 0.5) is 24.5 Å². The molecule has 0 radical (unpaired) electrons. The molecule has 0 aliphatic heterocycles. The van der Waals surface area contributed by atoms with Crippen LogP contribution in [0, 0.1) is 11.3 Å². The van der Waals surface area contributed by atoms with E-state index in [4.69, 9.17) is 15.1 Å². The Labute approximate surface area is 166 Å². The minimum Gasteiger partial charge on any atom is -0.481 e. The van der Waals surface area contributed by atoms with Crippen LogP contribution in [0.5, 0.6) is 0 Å². The lowest BCUT2D eigenvalue weighted by molar-refractivity contribution is -0.215. The molecule has 0 unspecified atom stereocenters. The van der Waals surface area contributed by atoms with E-state index in [-0.39, 0.29) is 23.6 Å². The molecule has 2 aromatic rings. The van der Waals surface area contributed by atoms with E-state index in [1.165, 1.54) is 18.2 Å². The molecular formula is C21H21F3N2O3. The predicted molar refractivity (Wildman–Crippen MR) is 102 cm³/mol. The monoisotopic (exact) mass is 406 g/mol. The van der Waals surface area contributed by atoms with Gasteiger partial charge >= 0.3 is 12.1 Å². The van der Waals surface area contributed by atoms with Crippen LogP contribution in [0.25, 0.3) is 0 Å². The molecule has 0 aliphatic rings. The number of methoxy groups -OCH3 is 1. The van der Waals surface area contributed by atoms with E-state index >= 15 is 0 Å². The van der Waals surface area contributed by atoms with Gasteiger partial charge in [0.2, 0.25) is 0 Å². The summed E-state index contributed by atoms with van der Waals surface area (Å²) >= 11 is 0. The van der Waals surface area contributed by atoms with Crippen molar-refractivity contribution in [3.8, 4) is 6.07 Å². The first-order chi connectivity index (χ1) is 13.7. The lowest BCUT2D eigenvalue weighted by Gasteiger charge is -2.24. The van der Waals surface area contributed by atoms with Crippen molar-refractivity contribution in [1.82, 2.24) is 0 Å². The van der Waals surface area contributed by atoms with E-state index < -0.39 is 18.2 Å².